The molecule has 2 aromatic carbocycles. The van der Waals surface area contributed by atoms with Gasteiger partial charge < -0.3 is 10.6 Å². The van der Waals surface area contributed by atoms with Crippen LogP contribution in [0, 0.1) is 12.3 Å². The van der Waals surface area contributed by atoms with Crippen LogP contribution in [0.5, 0.6) is 0 Å². The molecular weight excluding hydrogens is 386 g/mol. The van der Waals surface area contributed by atoms with Gasteiger partial charge in [-0.25, -0.2) is 4.98 Å². The van der Waals surface area contributed by atoms with E-state index in [2.05, 4.69) is 78.7 Å². The Labute approximate surface area is 184 Å². The third kappa shape index (κ3) is 4.44. The molecule has 1 aromatic heterocycles. The average Bonchev–Trinajstić information content (AvgIpc) is 3.39. The molecule has 0 amide bonds. The third-order valence-corrected chi connectivity index (χ3v) is 7.14. The lowest BCUT2D eigenvalue weighted by Gasteiger charge is -2.24. The van der Waals surface area contributed by atoms with Crippen molar-refractivity contribution in [2.24, 2.45) is 0 Å². The molecular formula is C26H31N3S. The molecule has 2 N–H and O–H groups in total. The van der Waals surface area contributed by atoms with Crippen LogP contribution in [-0.2, 0) is 0 Å². The SMILES string of the molecule is C#CCC(CC)c1ccc(-c2ccc3ncsc3c2)c(C(C)NC2CNC(C)C2)c1. The second-order valence-corrected chi connectivity index (χ2v) is 9.41. The summed E-state index contributed by atoms with van der Waals surface area (Å²) in [7, 11) is 0. The minimum atomic E-state index is 0.262. The number of terminal acetylenes is 1. The first-order valence-electron chi connectivity index (χ1n) is 11.0. The first kappa shape index (κ1) is 21.1. The van der Waals surface area contributed by atoms with Crippen molar-refractivity contribution in [1.82, 2.24) is 15.6 Å². The number of hydrogen-bond donors (Lipinski definition) is 2. The van der Waals surface area contributed by atoms with Crippen molar-refractivity contribution in [3.05, 3.63) is 53.0 Å². The number of nitrogens with zero attached hydrogens (tertiary/aromatic N) is 1. The van der Waals surface area contributed by atoms with Gasteiger partial charge in [0.15, 0.2) is 0 Å². The zero-order valence-electron chi connectivity index (χ0n) is 18.1. The molecule has 0 aliphatic carbocycles. The van der Waals surface area contributed by atoms with Gasteiger partial charge >= 0.3 is 0 Å². The zero-order valence-corrected chi connectivity index (χ0v) is 18.9. The zero-order chi connectivity index (χ0) is 21.1. The van der Waals surface area contributed by atoms with Gasteiger partial charge in [0.1, 0.15) is 0 Å². The molecule has 30 heavy (non-hydrogen) atoms. The van der Waals surface area contributed by atoms with Crippen LogP contribution in [0.2, 0.25) is 0 Å². The van der Waals surface area contributed by atoms with Crippen molar-refractivity contribution in [2.75, 3.05) is 6.54 Å². The van der Waals surface area contributed by atoms with Gasteiger partial charge in [-0.05, 0) is 67.0 Å². The Kier molecular flexibility index (Phi) is 6.53. The third-order valence-electron chi connectivity index (χ3n) is 6.35. The fourth-order valence-electron chi connectivity index (χ4n) is 4.63. The van der Waals surface area contributed by atoms with Gasteiger partial charge in [0, 0.05) is 31.1 Å². The largest absolute Gasteiger partial charge is 0.313 e. The number of nitrogens with one attached hydrogen (secondary N) is 2. The second kappa shape index (κ2) is 9.31. The predicted molar refractivity (Wildman–Crippen MR) is 129 cm³/mol. The predicted octanol–water partition coefficient (Wildman–Crippen LogP) is 5.88. The summed E-state index contributed by atoms with van der Waals surface area (Å²) in [5.41, 5.74) is 8.24. The number of aromatic nitrogens is 1. The number of hydrogen-bond acceptors (Lipinski definition) is 4. The molecule has 0 spiro atoms. The first-order chi connectivity index (χ1) is 14.6. The molecule has 1 saturated heterocycles. The smallest absolute Gasteiger partial charge is 0.0812 e. The highest BCUT2D eigenvalue weighted by Gasteiger charge is 2.24. The molecule has 4 unspecified atom stereocenters. The monoisotopic (exact) mass is 417 g/mol. The maximum atomic E-state index is 5.65. The van der Waals surface area contributed by atoms with Crippen molar-refractivity contribution < 1.29 is 0 Å². The van der Waals surface area contributed by atoms with Gasteiger partial charge in [-0.1, -0.05) is 31.2 Å². The molecule has 1 aliphatic rings. The second-order valence-electron chi connectivity index (χ2n) is 8.53. The fraction of sp³-hybridized carbons (Fsp3) is 0.423. The van der Waals surface area contributed by atoms with Crippen molar-refractivity contribution >= 4 is 21.6 Å². The van der Waals surface area contributed by atoms with E-state index in [0.717, 1.165) is 24.9 Å². The highest BCUT2D eigenvalue weighted by molar-refractivity contribution is 7.16. The summed E-state index contributed by atoms with van der Waals surface area (Å²) in [6.45, 7) is 7.80. The van der Waals surface area contributed by atoms with Crippen LogP contribution < -0.4 is 10.6 Å². The Hall–Kier alpha value is -2.19. The van der Waals surface area contributed by atoms with Crippen LogP contribution in [0.1, 0.15) is 63.1 Å². The van der Waals surface area contributed by atoms with Crippen LogP contribution in [0.3, 0.4) is 0 Å². The number of benzene rings is 2. The first-order valence-corrected chi connectivity index (χ1v) is 11.9. The lowest BCUT2D eigenvalue weighted by atomic mass is 9.87. The number of fused-ring (bicyclic) bond motifs is 1. The summed E-state index contributed by atoms with van der Waals surface area (Å²) in [4.78, 5) is 4.44. The maximum Gasteiger partial charge on any atom is 0.0812 e. The summed E-state index contributed by atoms with van der Waals surface area (Å²) >= 11 is 1.70. The summed E-state index contributed by atoms with van der Waals surface area (Å²) in [6.07, 6.45) is 8.66. The van der Waals surface area contributed by atoms with Gasteiger partial charge in [0.2, 0.25) is 0 Å². The Morgan fingerprint density at radius 2 is 2.17 bits per heavy atom. The van der Waals surface area contributed by atoms with Crippen LogP contribution >= 0.6 is 11.3 Å². The number of thiazole rings is 1. The summed E-state index contributed by atoms with van der Waals surface area (Å²) in [6, 6.07) is 14.9. The quantitative estimate of drug-likeness (QED) is 0.471. The molecule has 0 bridgehead atoms. The molecule has 3 nitrogen and oxygen atoms in total. The van der Waals surface area contributed by atoms with E-state index in [0.29, 0.717) is 18.0 Å². The van der Waals surface area contributed by atoms with Crippen molar-refractivity contribution in [2.45, 2.75) is 64.1 Å². The molecule has 1 aliphatic heterocycles. The van der Waals surface area contributed by atoms with E-state index in [1.54, 1.807) is 11.3 Å². The van der Waals surface area contributed by atoms with Gasteiger partial charge in [0.05, 0.1) is 15.7 Å². The van der Waals surface area contributed by atoms with Gasteiger partial charge in [-0.3, -0.25) is 0 Å². The van der Waals surface area contributed by atoms with E-state index >= 15 is 0 Å². The van der Waals surface area contributed by atoms with Crippen molar-refractivity contribution in [1.29, 1.82) is 0 Å². The summed E-state index contributed by atoms with van der Waals surface area (Å²) in [5.74, 6) is 3.27. The molecule has 3 aromatic rings. The van der Waals surface area contributed by atoms with E-state index < -0.39 is 0 Å². The molecule has 156 valence electrons. The Bertz CT molecular complexity index is 1050. The van der Waals surface area contributed by atoms with E-state index in [9.17, 15) is 0 Å². The van der Waals surface area contributed by atoms with Crippen molar-refractivity contribution in [3.63, 3.8) is 0 Å². The van der Waals surface area contributed by atoms with E-state index in [1.807, 2.05) is 5.51 Å². The average molecular weight is 418 g/mol. The lowest BCUT2D eigenvalue weighted by Crippen LogP contribution is -2.33. The molecule has 4 heteroatoms. The van der Waals surface area contributed by atoms with Crippen LogP contribution in [0.4, 0.5) is 0 Å². The normalized spacial score (nSPS) is 20.9. The van der Waals surface area contributed by atoms with Gasteiger partial charge in [-0.2, -0.15) is 0 Å². The van der Waals surface area contributed by atoms with Crippen LogP contribution in [-0.4, -0.2) is 23.6 Å². The van der Waals surface area contributed by atoms with E-state index in [4.69, 9.17) is 6.42 Å². The van der Waals surface area contributed by atoms with E-state index in [1.165, 1.54) is 33.4 Å². The van der Waals surface area contributed by atoms with Crippen LogP contribution in [0.25, 0.3) is 21.3 Å². The Morgan fingerprint density at radius 1 is 1.30 bits per heavy atom. The molecule has 2 heterocycles. The highest BCUT2D eigenvalue weighted by Crippen LogP contribution is 2.35. The molecule has 0 radical (unpaired) electrons. The lowest BCUT2D eigenvalue weighted by molar-refractivity contribution is 0.473. The van der Waals surface area contributed by atoms with Gasteiger partial charge in [-0.15, -0.1) is 23.7 Å². The fourth-order valence-corrected chi connectivity index (χ4v) is 5.34. The van der Waals surface area contributed by atoms with E-state index in [-0.39, 0.29) is 6.04 Å². The summed E-state index contributed by atoms with van der Waals surface area (Å²) in [5, 5.41) is 7.43. The topological polar surface area (TPSA) is 37.0 Å². The highest BCUT2D eigenvalue weighted by atomic mass is 32.1. The van der Waals surface area contributed by atoms with Crippen molar-refractivity contribution in [3.8, 4) is 23.5 Å². The molecule has 4 rings (SSSR count). The standard InChI is InChI=1S/C26H31N3S/c1-5-7-19(6-2)20-8-10-23(21-9-11-25-26(14-21)30-16-28-25)24(13-20)18(4)29-22-12-17(3)27-15-22/h1,8-11,13-14,16-19,22,27,29H,6-7,12,15H2,2-4H3. The Morgan fingerprint density at radius 3 is 2.90 bits per heavy atom. The van der Waals surface area contributed by atoms with Crippen LogP contribution in [0.15, 0.2) is 41.9 Å². The minimum absolute atomic E-state index is 0.262. The summed E-state index contributed by atoms with van der Waals surface area (Å²) < 4.78 is 1.23. The maximum absolute atomic E-state index is 5.65. The molecule has 1 fully saturated rings. The van der Waals surface area contributed by atoms with Gasteiger partial charge in [0.25, 0.3) is 0 Å². The minimum Gasteiger partial charge on any atom is -0.313 e. The molecule has 0 saturated carbocycles. The number of rotatable bonds is 7. The molecule has 4 atom stereocenters. The Balaban J connectivity index is 1.73.